The lowest BCUT2D eigenvalue weighted by Crippen LogP contribution is -2.56. The SMILES string of the molecule is CCCC(C(=O)NC(C)(C)C)N1C(=O)c2cc(Oc3cc(C)cc(C)c3)c3c4c(Oc5cc(C)cc(C)c5)cc5c6c(cc(Oc7cc(C)cc(C)c7)c(c7c(Oc8cc(C)cc(C)c8)cc(c2c37)C1=O)c64)C(=O)N(C(CCC)C(=O)NC(C)(C)C)C5=O. The van der Waals surface area contributed by atoms with Gasteiger partial charge in [-0.2, -0.15) is 0 Å². The van der Waals surface area contributed by atoms with Gasteiger partial charge < -0.3 is 29.6 Å². The molecule has 0 saturated carbocycles. The van der Waals surface area contributed by atoms with E-state index >= 15 is 19.2 Å². The molecule has 9 aromatic rings. The molecule has 14 heteroatoms. The fourth-order valence-electron chi connectivity index (χ4n) is 13.1. The van der Waals surface area contributed by atoms with Crippen LogP contribution in [-0.2, 0) is 9.59 Å². The molecule has 11 rings (SSSR count). The molecule has 2 N–H and O–H groups in total. The monoisotopic (exact) mass is 1180 g/mol. The summed E-state index contributed by atoms with van der Waals surface area (Å²) in [6.45, 7) is 30.5. The molecule has 0 aromatic heterocycles. The van der Waals surface area contributed by atoms with Gasteiger partial charge in [-0.25, -0.2) is 0 Å². The molecule has 2 atom stereocenters. The van der Waals surface area contributed by atoms with Crippen LogP contribution >= 0.6 is 0 Å². The van der Waals surface area contributed by atoms with Crippen LogP contribution in [0.1, 0.15) is 167 Å². The van der Waals surface area contributed by atoms with Crippen LogP contribution in [-0.4, -0.2) is 68.4 Å². The summed E-state index contributed by atoms with van der Waals surface area (Å²) in [5.41, 5.74) is 6.07. The molecule has 0 spiro atoms. The number of fused-ring (bicyclic) bond motifs is 2. The maximum atomic E-state index is 16.0. The Morgan fingerprint density at radius 3 is 0.761 bits per heavy atom. The molecule has 2 aliphatic rings. The lowest BCUT2D eigenvalue weighted by atomic mass is 9.80. The van der Waals surface area contributed by atoms with Gasteiger partial charge in [0.1, 0.15) is 58.1 Å². The van der Waals surface area contributed by atoms with Gasteiger partial charge in [0.2, 0.25) is 11.8 Å². The summed E-state index contributed by atoms with van der Waals surface area (Å²) in [5.74, 6) is -1.51. The van der Waals surface area contributed by atoms with Gasteiger partial charge in [0.15, 0.2) is 0 Å². The Hall–Kier alpha value is -9.30. The number of carbonyl (C=O) groups excluding carboxylic acids is 6. The number of carbonyl (C=O) groups is 6. The van der Waals surface area contributed by atoms with Crippen LogP contribution in [0.25, 0.3) is 43.1 Å². The minimum atomic E-state index is -1.22. The standard InChI is InChI=1S/C74H76N4O10/c1-17-19-53(67(79)75-73(11,12)13)77-69(81)49-33-55(85-45-25-37(3)21-38(4)26-45)61-63-57(87-47-29-41(7)23-42(8)30-47)35-51-60-52(72(84)78(71(51)83)54(20-18-2)68(80)76-74(14,15)16)36-58(88-48-31-43(9)24-44(10)32-48)64(66(60)63)62-56(34-50(70(77)82)59(49)65(61)62)86-46-27-39(5)22-40(6)28-46/h21-36,53-54H,17-20H2,1-16H3,(H,75,79)(H,76,80). The number of hydrogen-bond acceptors (Lipinski definition) is 10. The maximum Gasteiger partial charge on any atom is 0.262 e. The van der Waals surface area contributed by atoms with E-state index in [0.29, 0.717) is 68.2 Å². The average Bonchev–Trinajstić information content (AvgIpc) is 0.677. The van der Waals surface area contributed by atoms with Crippen molar-refractivity contribution in [2.24, 2.45) is 0 Å². The van der Waals surface area contributed by atoms with Crippen LogP contribution in [0.5, 0.6) is 46.0 Å². The van der Waals surface area contributed by atoms with E-state index in [1.165, 1.54) is 0 Å². The molecule has 452 valence electrons. The zero-order valence-electron chi connectivity index (χ0n) is 53.2. The first-order valence-electron chi connectivity index (χ1n) is 30.3. The molecular weight excluding hydrogens is 1100 g/mol. The number of aryl methyl sites for hydroxylation is 8. The second-order valence-electron chi connectivity index (χ2n) is 26.4. The van der Waals surface area contributed by atoms with Crippen molar-refractivity contribution in [1.29, 1.82) is 0 Å². The van der Waals surface area contributed by atoms with Gasteiger partial charge >= 0.3 is 0 Å². The van der Waals surface area contributed by atoms with Crippen molar-refractivity contribution in [3.63, 3.8) is 0 Å². The highest BCUT2D eigenvalue weighted by molar-refractivity contribution is 6.45. The Morgan fingerprint density at radius 2 is 0.568 bits per heavy atom. The molecule has 0 radical (unpaired) electrons. The van der Waals surface area contributed by atoms with Gasteiger partial charge in [0, 0.05) is 54.2 Å². The molecule has 14 nitrogen and oxygen atoms in total. The Balaban J connectivity index is 1.39. The van der Waals surface area contributed by atoms with Crippen molar-refractivity contribution in [3.8, 4) is 46.0 Å². The van der Waals surface area contributed by atoms with Crippen LogP contribution in [0.2, 0.25) is 0 Å². The van der Waals surface area contributed by atoms with Crippen LogP contribution in [0.15, 0.2) is 97.1 Å². The quantitative estimate of drug-likeness (QED) is 0.0539. The first-order valence-corrected chi connectivity index (χ1v) is 30.3. The van der Waals surface area contributed by atoms with Crippen molar-refractivity contribution in [3.05, 3.63) is 164 Å². The molecule has 88 heavy (non-hydrogen) atoms. The van der Waals surface area contributed by atoms with Gasteiger partial charge in [-0.3, -0.25) is 38.6 Å². The van der Waals surface area contributed by atoms with Crippen LogP contribution in [0.4, 0.5) is 0 Å². The number of hydrogen-bond donors (Lipinski definition) is 2. The van der Waals surface area contributed by atoms with Gasteiger partial charge in [0.25, 0.3) is 23.6 Å². The van der Waals surface area contributed by atoms with Crippen molar-refractivity contribution in [2.75, 3.05) is 0 Å². The van der Waals surface area contributed by atoms with Crippen LogP contribution in [0, 0.1) is 55.4 Å². The maximum absolute atomic E-state index is 16.0. The van der Waals surface area contributed by atoms with Crippen molar-refractivity contribution in [1.82, 2.24) is 20.4 Å². The fraction of sp³-hybridized carbons (Fsp3) is 0.324. The molecular formula is C74H76N4O10. The second kappa shape index (κ2) is 22.4. The van der Waals surface area contributed by atoms with E-state index in [4.69, 9.17) is 18.9 Å². The summed E-state index contributed by atoms with van der Waals surface area (Å²) >= 11 is 0. The zero-order chi connectivity index (χ0) is 63.3. The third-order valence-electron chi connectivity index (χ3n) is 16.0. The molecule has 0 saturated heterocycles. The highest BCUT2D eigenvalue weighted by Crippen LogP contribution is 2.58. The summed E-state index contributed by atoms with van der Waals surface area (Å²) in [5, 5.41) is 8.72. The number of ether oxygens (including phenoxy) is 4. The average molecular weight is 1180 g/mol. The van der Waals surface area contributed by atoms with E-state index in [1.807, 2.05) is 184 Å². The molecule has 2 unspecified atom stereocenters. The number of imide groups is 2. The van der Waals surface area contributed by atoms with E-state index in [9.17, 15) is 9.59 Å². The molecule has 0 fully saturated rings. The largest absolute Gasteiger partial charge is 0.457 e. The summed E-state index contributed by atoms with van der Waals surface area (Å²) in [7, 11) is 0. The van der Waals surface area contributed by atoms with E-state index in [2.05, 4.69) is 10.6 Å². The number of nitrogens with one attached hydrogen (secondary N) is 2. The van der Waals surface area contributed by atoms with Crippen molar-refractivity contribution in [2.45, 2.75) is 160 Å². The Labute approximate surface area is 513 Å². The first-order chi connectivity index (χ1) is 41.5. The summed E-state index contributed by atoms with van der Waals surface area (Å²) in [6.07, 6.45) is 1.26. The third kappa shape index (κ3) is 11.1. The topological polar surface area (TPSA) is 170 Å². The van der Waals surface area contributed by atoms with Crippen molar-refractivity contribution < 1.29 is 47.7 Å². The number of rotatable bonds is 16. The van der Waals surface area contributed by atoms with Crippen molar-refractivity contribution >= 4 is 78.5 Å². The second-order valence-corrected chi connectivity index (χ2v) is 26.4. The van der Waals surface area contributed by atoms with Gasteiger partial charge in [-0.1, -0.05) is 51.0 Å². The lowest BCUT2D eigenvalue weighted by molar-refractivity contribution is -0.127. The van der Waals surface area contributed by atoms with E-state index in [1.54, 1.807) is 24.3 Å². The van der Waals surface area contributed by atoms with E-state index in [0.717, 1.165) is 54.3 Å². The number of amides is 6. The third-order valence-corrected chi connectivity index (χ3v) is 16.0. The minimum absolute atomic E-state index is 0.0793. The Bertz CT molecular complexity index is 3870. The van der Waals surface area contributed by atoms with Gasteiger partial charge in [-0.15, -0.1) is 0 Å². The number of benzene rings is 9. The fourth-order valence-corrected chi connectivity index (χ4v) is 13.1. The predicted molar refractivity (Wildman–Crippen MR) is 346 cm³/mol. The molecule has 9 aromatic carbocycles. The van der Waals surface area contributed by atoms with E-state index in [-0.39, 0.29) is 68.9 Å². The number of nitrogens with zero attached hydrogens (tertiary/aromatic N) is 2. The van der Waals surface area contributed by atoms with Crippen LogP contribution < -0.4 is 29.6 Å². The molecule has 0 bridgehead atoms. The molecule has 2 heterocycles. The minimum Gasteiger partial charge on any atom is -0.457 e. The summed E-state index contributed by atoms with van der Waals surface area (Å²) in [6, 6.07) is 27.3. The lowest BCUT2D eigenvalue weighted by Gasteiger charge is -2.36. The summed E-state index contributed by atoms with van der Waals surface area (Å²) in [4.78, 5) is 95.4. The smallest absolute Gasteiger partial charge is 0.262 e. The highest BCUT2D eigenvalue weighted by atomic mass is 16.5. The predicted octanol–water partition coefficient (Wildman–Crippen LogP) is 16.7. The Kier molecular flexibility index (Phi) is 15.4. The van der Waals surface area contributed by atoms with Crippen LogP contribution in [0.3, 0.4) is 0 Å². The molecule has 0 aliphatic carbocycles. The van der Waals surface area contributed by atoms with Gasteiger partial charge in [0.05, 0.1) is 22.3 Å². The first kappa shape index (κ1) is 60.4. The zero-order valence-corrected chi connectivity index (χ0v) is 53.2. The molecule has 6 amide bonds. The van der Waals surface area contributed by atoms with Gasteiger partial charge in [-0.05, 0) is 227 Å². The Morgan fingerprint density at radius 1 is 0.352 bits per heavy atom. The normalized spacial score (nSPS) is 14.1. The summed E-state index contributed by atoms with van der Waals surface area (Å²) < 4.78 is 29.1. The highest BCUT2D eigenvalue weighted by Gasteiger charge is 2.46. The van der Waals surface area contributed by atoms with E-state index < -0.39 is 58.6 Å². The molecule has 2 aliphatic heterocycles.